The Labute approximate surface area is 112 Å². The highest BCUT2D eigenvalue weighted by atomic mass is 19.1. The van der Waals surface area contributed by atoms with E-state index in [4.69, 9.17) is 0 Å². The molecule has 0 atom stereocenters. The van der Waals surface area contributed by atoms with E-state index in [2.05, 4.69) is 22.3 Å². The van der Waals surface area contributed by atoms with Gasteiger partial charge >= 0.3 is 0 Å². The molecule has 0 saturated carbocycles. The Bertz CT molecular complexity index is 595. The van der Waals surface area contributed by atoms with Gasteiger partial charge in [0.05, 0.1) is 5.69 Å². The first-order valence-corrected chi connectivity index (χ1v) is 6.58. The Morgan fingerprint density at radius 3 is 2.84 bits per heavy atom. The van der Waals surface area contributed by atoms with E-state index < -0.39 is 0 Å². The molecule has 0 saturated heterocycles. The van der Waals surface area contributed by atoms with Gasteiger partial charge in [-0.15, -0.1) is 0 Å². The van der Waals surface area contributed by atoms with Crippen LogP contribution in [0.1, 0.15) is 11.1 Å². The van der Waals surface area contributed by atoms with Crippen molar-refractivity contribution in [3.05, 3.63) is 59.4 Å². The van der Waals surface area contributed by atoms with E-state index in [1.807, 2.05) is 25.2 Å². The van der Waals surface area contributed by atoms with Crippen molar-refractivity contribution < 1.29 is 4.39 Å². The zero-order chi connectivity index (χ0) is 13.2. The third-order valence-electron chi connectivity index (χ3n) is 3.59. The highest BCUT2D eigenvalue weighted by Gasteiger charge is 2.24. The molecule has 3 heteroatoms. The molecule has 0 fully saturated rings. The molecule has 0 radical (unpaired) electrons. The lowest BCUT2D eigenvalue weighted by molar-refractivity contribution is 0.622. The lowest BCUT2D eigenvalue weighted by Crippen LogP contribution is -2.19. The molecule has 0 amide bonds. The van der Waals surface area contributed by atoms with Crippen LogP contribution in [0.25, 0.3) is 0 Å². The van der Waals surface area contributed by atoms with Crippen LogP contribution in [0.4, 0.5) is 15.8 Å². The fourth-order valence-electron chi connectivity index (χ4n) is 2.77. The number of rotatable bonds is 3. The van der Waals surface area contributed by atoms with E-state index in [0.29, 0.717) is 12.2 Å². The molecule has 19 heavy (non-hydrogen) atoms. The Kier molecular flexibility index (Phi) is 3.22. The number of nitrogens with zero attached hydrogens (tertiary/aromatic N) is 1. The summed E-state index contributed by atoms with van der Waals surface area (Å²) >= 11 is 0. The summed E-state index contributed by atoms with van der Waals surface area (Å²) in [6.07, 6.45) is 0.976. The van der Waals surface area contributed by atoms with Crippen LogP contribution in [-0.4, -0.2) is 13.6 Å². The molecule has 98 valence electrons. The zero-order valence-corrected chi connectivity index (χ0v) is 11.0. The standard InChI is InChI=1S/C16H17FN2/c1-18-11-13-6-4-7-14(17)16(13)19-10-9-12-5-2-3-8-15(12)19/h2-8,18H,9-11H2,1H3. The Morgan fingerprint density at radius 2 is 2.00 bits per heavy atom. The summed E-state index contributed by atoms with van der Waals surface area (Å²) < 4.78 is 14.2. The molecule has 1 N–H and O–H groups in total. The SMILES string of the molecule is CNCc1cccc(F)c1N1CCc2ccccc21. The smallest absolute Gasteiger partial charge is 0.147 e. The summed E-state index contributed by atoms with van der Waals surface area (Å²) in [7, 11) is 1.88. The average Bonchev–Trinajstić information content (AvgIpc) is 2.83. The minimum Gasteiger partial charge on any atom is -0.338 e. The van der Waals surface area contributed by atoms with Crippen molar-refractivity contribution in [3.8, 4) is 0 Å². The van der Waals surface area contributed by atoms with Crippen LogP contribution in [0.15, 0.2) is 42.5 Å². The maximum absolute atomic E-state index is 14.2. The fourth-order valence-corrected chi connectivity index (χ4v) is 2.77. The first-order valence-electron chi connectivity index (χ1n) is 6.58. The molecule has 0 aromatic heterocycles. The van der Waals surface area contributed by atoms with Crippen LogP contribution >= 0.6 is 0 Å². The van der Waals surface area contributed by atoms with Gasteiger partial charge in [0.1, 0.15) is 5.82 Å². The molecule has 1 heterocycles. The van der Waals surface area contributed by atoms with E-state index in [1.54, 1.807) is 6.07 Å². The number of hydrogen-bond acceptors (Lipinski definition) is 2. The molecule has 1 aliphatic rings. The molecular formula is C16H17FN2. The number of anilines is 2. The quantitative estimate of drug-likeness (QED) is 0.907. The second-order valence-electron chi connectivity index (χ2n) is 4.81. The van der Waals surface area contributed by atoms with Gasteiger partial charge in [0.25, 0.3) is 0 Å². The van der Waals surface area contributed by atoms with Gasteiger partial charge in [0.15, 0.2) is 0 Å². The molecule has 0 aliphatic carbocycles. The van der Waals surface area contributed by atoms with Crippen molar-refractivity contribution >= 4 is 11.4 Å². The largest absolute Gasteiger partial charge is 0.338 e. The monoisotopic (exact) mass is 256 g/mol. The summed E-state index contributed by atoms with van der Waals surface area (Å²) in [6.45, 7) is 1.52. The summed E-state index contributed by atoms with van der Waals surface area (Å²) in [5.74, 6) is -0.149. The fraction of sp³-hybridized carbons (Fsp3) is 0.250. The second kappa shape index (κ2) is 5.02. The molecule has 2 aromatic rings. The van der Waals surface area contributed by atoms with E-state index in [0.717, 1.165) is 24.2 Å². The van der Waals surface area contributed by atoms with Crippen LogP contribution in [0.3, 0.4) is 0 Å². The van der Waals surface area contributed by atoms with Crippen LogP contribution in [-0.2, 0) is 13.0 Å². The van der Waals surface area contributed by atoms with E-state index in [1.165, 1.54) is 11.6 Å². The van der Waals surface area contributed by atoms with Crippen molar-refractivity contribution in [1.29, 1.82) is 0 Å². The number of nitrogens with one attached hydrogen (secondary N) is 1. The van der Waals surface area contributed by atoms with E-state index in [9.17, 15) is 4.39 Å². The van der Waals surface area contributed by atoms with Crippen molar-refractivity contribution in [1.82, 2.24) is 5.32 Å². The van der Waals surface area contributed by atoms with Gasteiger partial charge in [0.2, 0.25) is 0 Å². The Morgan fingerprint density at radius 1 is 1.16 bits per heavy atom. The molecule has 0 bridgehead atoms. The Hall–Kier alpha value is -1.87. The molecule has 2 aromatic carbocycles. The van der Waals surface area contributed by atoms with Crippen LogP contribution in [0.5, 0.6) is 0 Å². The van der Waals surface area contributed by atoms with Crippen LogP contribution < -0.4 is 10.2 Å². The maximum Gasteiger partial charge on any atom is 0.147 e. The maximum atomic E-state index is 14.2. The highest BCUT2D eigenvalue weighted by molar-refractivity contribution is 5.72. The number of para-hydroxylation sites is 2. The van der Waals surface area contributed by atoms with Gasteiger partial charge in [0, 0.05) is 18.8 Å². The topological polar surface area (TPSA) is 15.3 Å². The van der Waals surface area contributed by atoms with Crippen LogP contribution in [0.2, 0.25) is 0 Å². The van der Waals surface area contributed by atoms with E-state index >= 15 is 0 Å². The second-order valence-corrected chi connectivity index (χ2v) is 4.81. The molecule has 3 rings (SSSR count). The first-order chi connectivity index (χ1) is 9.31. The lowest BCUT2D eigenvalue weighted by atomic mass is 10.1. The van der Waals surface area contributed by atoms with Gasteiger partial charge in [-0.2, -0.15) is 0 Å². The summed E-state index contributed by atoms with van der Waals surface area (Å²) in [6, 6.07) is 13.5. The molecule has 0 spiro atoms. The van der Waals surface area contributed by atoms with Gasteiger partial charge < -0.3 is 10.2 Å². The third kappa shape index (κ3) is 2.10. The molecule has 2 nitrogen and oxygen atoms in total. The normalized spacial score (nSPS) is 13.7. The number of halogens is 1. The lowest BCUT2D eigenvalue weighted by Gasteiger charge is -2.23. The third-order valence-corrected chi connectivity index (χ3v) is 3.59. The van der Waals surface area contributed by atoms with E-state index in [-0.39, 0.29) is 5.82 Å². The van der Waals surface area contributed by atoms with Crippen molar-refractivity contribution in [2.75, 3.05) is 18.5 Å². The number of fused-ring (bicyclic) bond motifs is 1. The zero-order valence-electron chi connectivity index (χ0n) is 11.0. The van der Waals surface area contributed by atoms with Gasteiger partial charge in [-0.05, 0) is 36.7 Å². The van der Waals surface area contributed by atoms with Crippen molar-refractivity contribution in [2.24, 2.45) is 0 Å². The Balaban J connectivity index is 2.09. The summed E-state index contributed by atoms with van der Waals surface area (Å²) in [4.78, 5) is 2.09. The van der Waals surface area contributed by atoms with Gasteiger partial charge in [-0.1, -0.05) is 30.3 Å². The van der Waals surface area contributed by atoms with Crippen molar-refractivity contribution in [2.45, 2.75) is 13.0 Å². The highest BCUT2D eigenvalue weighted by Crippen LogP contribution is 2.37. The predicted octanol–water partition coefficient (Wildman–Crippen LogP) is 3.24. The van der Waals surface area contributed by atoms with Crippen molar-refractivity contribution in [3.63, 3.8) is 0 Å². The minimum absolute atomic E-state index is 0.149. The molecular weight excluding hydrogens is 239 g/mol. The van der Waals surface area contributed by atoms with Gasteiger partial charge in [-0.3, -0.25) is 0 Å². The molecule has 0 unspecified atom stereocenters. The summed E-state index contributed by atoms with van der Waals surface area (Å²) in [5, 5.41) is 3.11. The first kappa shape index (κ1) is 12.2. The average molecular weight is 256 g/mol. The minimum atomic E-state index is -0.149. The summed E-state index contributed by atoms with van der Waals surface area (Å²) in [5.41, 5.74) is 4.13. The predicted molar refractivity (Wildman–Crippen MR) is 76.3 cm³/mol. The van der Waals surface area contributed by atoms with Crippen LogP contribution in [0, 0.1) is 5.82 Å². The molecule has 1 aliphatic heterocycles. The van der Waals surface area contributed by atoms with Gasteiger partial charge in [-0.25, -0.2) is 4.39 Å². The number of hydrogen-bond donors (Lipinski definition) is 1. The number of benzene rings is 2.